The number of hydrogen-bond donors (Lipinski definition) is 0. The molecule has 0 spiro atoms. The van der Waals surface area contributed by atoms with Gasteiger partial charge in [-0.15, -0.1) is 0 Å². The molecule has 0 nitrogen and oxygen atoms in total. The van der Waals surface area contributed by atoms with Crippen molar-refractivity contribution in [2.75, 3.05) is 0 Å². The van der Waals surface area contributed by atoms with Crippen LogP contribution in [0, 0.1) is 11.3 Å². The number of hydrogen-bond acceptors (Lipinski definition) is 0. The van der Waals surface area contributed by atoms with Gasteiger partial charge in [0.2, 0.25) is 0 Å². The molecular formula is C13H26. The van der Waals surface area contributed by atoms with Crippen LogP contribution in [0.15, 0.2) is 11.6 Å². The van der Waals surface area contributed by atoms with Crippen LogP contribution in [-0.2, 0) is 0 Å². The van der Waals surface area contributed by atoms with E-state index in [0.29, 0.717) is 5.41 Å². The summed E-state index contributed by atoms with van der Waals surface area (Å²) in [5.41, 5.74) is 2.09. The van der Waals surface area contributed by atoms with Crippen LogP contribution in [-0.4, -0.2) is 0 Å². The maximum atomic E-state index is 2.37. The van der Waals surface area contributed by atoms with E-state index >= 15 is 0 Å². The monoisotopic (exact) mass is 182 g/mol. The molecule has 0 rings (SSSR count). The quantitative estimate of drug-likeness (QED) is 0.548. The van der Waals surface area contributed by atoms with E-state index in [0.717, 1.165) is 5.92 Å². The zero-order chi connectivity index (χ0) is 10.5. The Balaban J connectivity index is 3.94. The molecule has 0 aromatic carbocycles. The highest BCUT2D eigenvalue weighted by atomic mass is 14.2. The molecule has 0 saturated carbocycles. The van der Waals surface area contributed by atoms with Crippen LogP contribution in [0.2, 0.25) is 0 Å². The van der Waals surface area contributed by atoms with Crippen molar-refractivity contribution in [1.29, 1.82) is 0 Å². The Hall–Kier alpha value is -0.260. The molecule has 1 unspecified atom stereocenters. The molecule has 0 fully saturated rings. The summed E-state index contributed by atoms with van der Waals surface area (Å²) < 4.78 is 0. The van der Waals surface area contributed by atoms with Crippen LogP contribution < -0.4 is 0 Å². The Morgan fingerprint density at radius 3 is 2.15 bits per heavy atom. The van der Waals surface area contributed by atoms with Crippen molar-refractivity contribution < 1.29 is 0 Å². The molecule has 0 saturated heterocycles. The highest BCUT2D eigenvalue weighted by molar-refractivity contribution is 5.00. The molecular weight excluding hydrogens is 156 g/mol. The van der Waals surface area contributed by atoms with Gasteiger partial charge in [-0.2, -0.15) is 0 Å². The lowest BCUT2D eigenvalue weighted by molar-refractivity contribution is 0.305. The summed E-state index contributed by atoms with van der Waals surface area (Å²) in [5, 5.41) is 0. The molecule has 0 heteroatoms. The molecule has 13 heavy (non-hydrogen) atoms. The molecule has 0 aliphatic carbocycles. The minimum Gasteiger partial charge on any atom is -0.0885 e. The third kappa shape index (κ3) is 6.86. The Morgan fingerprint density at radius 2 is 1.85 bits per heavy atom. The Bertz CT molecular complexity index is 157. The normalized spacial score (nSPS) is 16.0. The summed E-state index contributed by atoms with van der Waals surface area (Å²) in [4.78, 5) is 0. The van der Waals surface area contributed by atoms with Crippen LogP contribution in [0.1, 0.15) is 60.8 Å². The first-order valence-corrected chi connectivity index (χ1v) is 5.53. The molecule has 0 aromatic rings. The van der Waals surface area contributed by atoms with Crippen molar-refractivity contribution in [2.45, 2.75) is 60.8 Å². The zero-order valence-corrected chi connectivity index (χ0v) is 10.3. The zero-order valence-electron chi connectivity index (χ0n) is 10.3. The maximum absolute atomic E-state index is 2.37. The average Bonchev–Trinajstić information content (AvgIpc) is 1.96. The predicted octanol–water partition coefficient (Wildman–Crippen LogP) is 4.81. The van der Waals surface area contributed by atoms with Crippen molar-refractivity contribution in [3.63, 3.8) is 0 Å². The first-order chi connectivity index (χ1) is 5.89. The molecule has 0 amide bonds. The van der Waals surface area contributed by atoms with Gasteiger partial charge in [-0.3, -0.25) is 0 Å². The molecule has 1 atom stereocenters. The second-order valence-corrected chi connectivity index (χ2v) is 5.37. The summed E-state index contributed by atoms with van der Waals surface area (Å²) in [7, 11) is 0. The predicted molar refractivity (Wildman–Crippen MR) is 61.9 cm³/mol. The van der Waals surface area contributed by atoms with E-state index in [1.807, 2.05) is 0 Å². The van der Waals surface area contributed by atoms with E-state index < -0.39 is 0 Å². The van der Waals surface area contributed by atoms with Gasteiger partial charge in [0, 0.05) is 0 Å². The van der Waals surface area contributed by atoms with Crippen molar-refractivity contribution in [1.82, 2.24) is 0 Å². The lowest BCUT2D eigenvalue weighted by Crippen LogP contribution is -2.11. The molecule has 78 valence electrons. The number of allylic oxidation sites excluding steroid dienone is 2. The highest BCUT2D eigenvalue weighted by Crippen LogP contribution is 2.28. The molecule has 0 aliphatic heterocycles. The smallest absolute Gasteiger partial charge is 0.0294 e. The second-order valence-electron chi connectivity index (χ2n) is 5.37. The Labute approximate surface area is 84.4 Å². The van der Waals surface area contributed by atoms with Gasteiger partial charge in [-0.1, -0.05) is 46.3 Å². The van der Waals surface area contributed by atoms with Gasteiger partial charge in [0.25, 0.3) is 0 Å². The standard InChI is InChI=1S/C13H26/c1-7-12(8-2)9-11(3)10-13(4,5)6/h7,11H,8-10H2,1-6H3. The van der Waals surface area contributed by atoms with E-state index in [4.69, 9.17) is 0 Å². The molecule has 0 N–H and O–H groups in total. The third-order valence-electron chi connectivity index (χ3n) is 2.43. The fourth-order valence-corrected chi connectivity index (χ4v) is 2.03. The lowest BCUT2D eigenvalue weighted by Gasteiger charge is -2.23. The first kappa shape index (κ1) is 12.7. The van der Waals surface area contributed by atoms with Gasteiger partial charge in [0.1, 0.15) is 0 Å². The van der Waals surface area contributed by atoms with Gasteiger partial charge >= 0.3 is 0 Å². The average molecular weight is 182 g/mol. The Morgan fingerprint density at radius 1 is 1.31 bits per heavy atom. The van der Waals surface area contributed by atoms with Crippen molar-refractivity contribution in [2.24, 2.45) is 11.3 Å². The molecule has 0 aliphatic rings. The van der Waals surface area contributed by atoms with Crippen LogP contribution in [0.25, 0.3) is 0 Å². The van der Waals surface area contributed by atoms with Crippen LogP contribution in [0.3, 0.4) is 0 Å². The molecule has 0 heterocycles. The van der Waals surface area contributed by atoms with Crippen molar-refractivity contribution >= 4 is 0 Å². The summed E-state index contributed by atoms with van der Waals surface area (Å²) in [6, 6.07) is 0. The van der Waals surface area contributed by atoms with E-state index in [-0.39, 0.29) is 0 Å². The maximum Gasteiger partial charge on any atom is -0.0294 e. The summed E-state index contributed by atoms with van der Waals surface area (Å²) in [6.07, 6.45) is 6.10. The Kier molecular flexibility index (Phi) is 5.36. The number of rotatable bonds is 4. The first-order valence-electron chi connectivity index (χ1n) is 5.53. The summed E-state index contributed by atoms with van der Waals surface area (Å²) in [6.45, 7) is 13.7. The largest absolute Gasteiger partial charge is 0.0885 e. The van der Waals surface area contributed by atoms with Gasteiger partial charge in [0.15, 0.2) is 0 Å². The summed E-state index contributed by atoms with van der Waals surface area (Å²) >= 11 is 0. The van der Waals surface area contributed by atoms with Crippen LogP contribution >= 0.6 is 0 Å². The van der Waals surface area contributed by atoms with Gasteiger partial charge in [-0.25, -0.2) is 0 Å². The highest BCUT2D eigenvalue weighted by Gasteiger charge is 2.15. The second kappa shape index (κ2) is 5.47. The van der Waals surface area contributed by atoms with Gasteiger partial charge < -0.3 is 0 Å². The van der Waals surface area contributed by atoms with Crippen molar-refractivity contribution in [3.05, 3.63) is 11.6 Å². The SMILES string of the molecule is CC=C(CC)CC(C)CC(C)(C)C. The third-order valence-corrected chi connectivity index (χ3v) is 2.43. The topological polar surface area (TPSA) is 0 Å². The van der Waals surface area contributed by atoms with Gasteiger partial charge in [-0.05, 0) is 37.5 Å². The van der Waals surface area contributed by atoms with E-state index in [9.17, 15) is 0 Å². The van der Waals surface area contributed by atoms with Crippen LogP contribution in [0.4, 0.5) is 0 Å². The molecule has 0 aromatic heterocycles. The van der Waals surface area contributed by atoms with Crippen LogP contribution in [0.5, 0.6) is 0 Å². The fourth-order valence-electron chi connectivity index (χ4n) is 2.03. The van der Waals surface area contributed by atoms with Crippen molar-refractivity contribution in [3.8, 4) is 0 Å². The fraction of sp³-hybridized carbons (Fsp3) is 0.846. The van der Waals surface area contributed by atoms with E-state index in [2.05, 4.69) is 47.6 Å². The van der Waals surface area contributed by atoms with E-state index in [1.165, 1.54) is 19.3 Å². The molecule has 0 bridgehead atoms. The minimum atomic E-state index is 0.478. The van der Waals surface area contributed by atoms with E-state index in [1.54, 1.807) is 5.57 Å². The van der Waals surface area contributed by atoms with Gasteiger partial charge in [0.05, 0.1) is 0 Å². The lowest BCUT2D eigenvalue weighted by atomic mass is 9.82. The summed E-state index contributed by atoms with van der Waals surface area (Å²) in [5.74, 6) is 0.825. The minimum absolute atomic E-state index is 0.478. The molecule has 0 radical (unpaired) electrons.